The minimum Gasteiger partial charge on any atom is -0.382 e. The number of halogens is 1. The van der Waals surface area contributed by atoms with E-state index in [2.05, 4.69) is 12.1 Å². The third-order valence-electron chi connectivity index (χ3n) is 2.35. The van der Waals surface area contributed by atoms with Crippen molar-refractivity contribution in [2.24, 2.45) is 0 Å². The van der Waals surface area contributed by atoms with E-state index >= 15 is 0 Å². The summed E-state index contributed by atoms with van der Waals surface area (Å²) >= 11 is 5.84. The van der Waals surface area contributed by atoms with Crippen molar-refractivity contribution in [2.45, 2.75) is 0 Å². The molecule has 0 spiro atoms. The maximum Gasteiger partial charge on any atom is 0.128 e. The van der Waals surface area contributed by atoms with E-state index in [-0.39, 0.29) is 0 Å². The zero-order chi connectivity index (χ0) is 9.80. The third kappa shape index (κ3) is 2.57. The lowest BCUT2D eigenvalue weighted by Gasteiger charge is -2.11. The fourth-order valence-corrected chi connectivity index (χ4v) is 3.79. The van der Waals surface area contributed by atoms with Crippen LogP contribution < -0.4 is 5.19 Å². The molecule has 0 saturated carbocycles. The van der Waals surface area contributed by atoms with E-state index in [9.17, 15) is 0 Å². The highest BCUT2D eigenvalue weighted by Gasteiger charge is 2.16. The lowest BCUT2D eigenvalue weighted by molar-refractivity contribution is 0.103. The van der Waals surface area contributed by atoms with E-state index in [1.165, 1.54) is 5.19 Å². The van der Waals surface area contributed by atoms with Gasteiger partial charge in [0, 0.05) is 17.5 Å². The van der Waals surface area contributed by atoms with E-state index in [0.29, 0.717) is 0 Å². The smallest absolute Gasteiger partial charge is 0.128 e. The van der Waals surface area contributed by atoms with E-state index < -0.39 is 8.80 Å². The lowest BCUT2D eigenvalue weighted by atomic mass is 10.4. The summed E-state index contributed by atoms with van der Waals surface area (Å²) in [6, 6.07) is 8.07. The molecular weight excluding hydrogens is 216 g/mol. The van der Waals surface area contributed by atoms with Gasteiger partial charge in [0.2, 0.25) is 0 Å². The van der Waals surface area contributed by atoms with Crippen LogP contribution in [0.5, 0.6) is 0 Å². The average molecular weight is 229 g/mol. The van der Waals surface area contributed by atoms with Crippen LogP contribution in [0.4, 0.5) is 0 Å². The van der Waals surface area contributed by atoms with Crippen molar-refractivity contribution in [3.05, 3.63) is 29.3 Å². The number of benzene rings is 1. The standard InChI is InChI=1S/C10H13ClO2Si/c11-9-1-3-10(4-2-9)14-7-12-5-6-13-8-14/h1-4,14H,5-8H2. The molecule has 0 atom stereocenters. The van der Waals surface area contributed by atoms with Gasteiger partial charge in [-0.2, -0.15) is 0 Å². The quantitative estimate of drug-likeness (QED) is 0.665. The predicted octanol–water partition coefficient (Wildman–Crippen LogP) is 0.899. The minimum absolute atomic E-state index is 0.733. The van der Waals surface area contributed by atoms with Crippen molar-refractivity contribution < 1.29 is 9.47 Å². The maximum atomic E-state index is 5.84. The second-order valence-electron chi connectivity index (χ2n) is 3.40. The summed E-state index contributed by atoms with van der Waals surface area (Å²) in [6.45, 7) is 1.47. The molecule has 0 aliphatic carbocycles. The van der Waals surface area contributed by atoms with Crippen molar-refractivity contribution in [1.82, 2.24) is 0 Å². The van der Waals surface area contributed by atoms with E-state index in [1.807, 2.05) is 12.1 Å². The van der Waals surface area contributed by atoms with Crippen LogP contribution in [0.1, 0.15) is 0 Å². The summed E-state index contributed by atoms with van der Waals surface area (Å²) in [6.07, 6.45) is 1.75. The van der Waals surface area contributed by atoms with Gasteiger partial charge in [0.25, 0.3) is 0 Å². The SMILES string of the molecule is Clc1ccc([SiH]2COCCOC2)cc1. The fourth-order valence-electron chi connectivity index (χ4n) is 1.54. The van der Waals surface area contributed by atoms with Gasteiger partial charge in [0.15, 0.2) is 0 Å². The van der Waals surface area contributed by atoms with Gasteiger partial charge in [-0.05, 0) is 12.1 Å². The number of rotatable bonds is 1. The Balaban J connectivity index is 2.08. The maximum absolute atomic E-state index is 5.84. The first-order valence-corrected chi connectivity index (χ1v) is 7.36. The summed E-state index contributed by atoms with van der Waals surface area (Å²) in [5.74, 6) is 0. The molecule has 1 aromatic rings. The molecule has 1 saturated heterocycles. The zero-order valence-corrected chi connectivity index (χ0v) is 9.82. The van der Waals surface area contributed by atoms with Crippen LogP contribution in [0.2, 0.25) is 5.02 Å². The highest BCUT2D eigenvalue weighted by Crippen LogP contribution is 2.05. The molecule has 0 radical (unpaired) electrons. The minimum atomic E-state index is -1.05. The molecule has 1 aliphatic heterocycles. The van der Waals surface area contributed by atoms with Crippen LogP contribution in [-0.2, 0) is 9.47 Å². The highest BCUT2D eigenvalue weighted by molar-refractivity contribution is 6.73. The molecule has 0 aromatic heterocycles. The van der Waals surface area contributed by atoms with Gasteiger partial charge in [-0.1, -0.05) is 28.9 Å². The summed E-state index contributed by atoms with van der Waals surface area (Å²) in [7, 11) is -1.05. The van der Waals surface area contributed by atoms with Gasteiger partial charge in [-0.15, -0.1) is 0 Å². The summed E-state index contributed by atoms with van der Waals surface area (Å²) < 4.78 is 11.0. The van der Waals surface area contributed by atoms with Gasteiger partial charge < -0.3 is 9.47 Å². The Hall–Kier alpha value is -0.353. The van der Waals surface area contributed by atoms with Crippen molar-refractivity contribution in [1.29, 1.82) is 0 Å². The summed E-state index contributed by atoms with van der Waals surface area (Å²) in [5, 5.41) is 2.16. The van der Waals surface area contributed by atoms with Crippen molar-refractivity contribution in [3.63, 3.8) is 0 Å². The Morgan fingerprint density at radius 1 is 1.00 bits per heavy atom. The van der Waals surface area contributed by atoms with Crippen molar-refractivity contribution in [3.8, 4) is 0 Å². The molecular formula is C10H13ClO2Si. The number of hydrogen-bond acceptors (Lipinski definition) is 2. The first-order valence-electron chi connectivity index (χ1n) is 4.77. The Bertz CT molecular complexity index is 281. The molecule has 1 fully saturated rings. The zero-order valence-electron chi connectivity index (χ0n) is 7.91. The van der Waals surface area contributed by atoms with Gasteiger partial charge in [-0.3, -0.25) is 0 Å². The molecule has 1 aliphatic rings. The van der Waals surface area contributed by atoms with Gasteiger partial charge >= 0.3 is 0 Å². The second kappa shape index (κ2) is 4.93. The molecule has 2 rings (SSSR count). The molecule has 1 heterocycles. The van der Waals surface area contributed by atoms with Gasteiger partial charge in [0.05, 0.1) is 13.2 Å². The molecule has 2 nitrogen and oxygen atoms in total. The first kappa shape index (κ1) is 10.2. The molecule has 4 heteroatoms. The van der Waals surface area contributed by atoms with Crippen molar-refractivity contribution >= 4 is 25.6 Å². The molecule has 0 bridgehead atoms. The number of ether oxygens (including phenoxy) is 2. The Morgan fingerprint density at radius 2 is 1.57 bits per heavy atom. The van der Waals surface area contributed by atoms with Crippen LogP contribution in [0.25, 0.3) is 0 Å². The molecule has 0 N–H and O–H groups in total. The highest BCUT2D eigenvalue weighted by atomic mass is 35.5. The van der Waals surface area contributed by atoms with E-state index in [1.54, 1.807) is 0 Å². The molecule has 0 amide bonds. The average Bonchev–Trinajstić information content (AvgIpc) is 2.47. The lowest BCUT2D eigenvalue weighted by Crippen LogP contribution is -2.38. The third-order valence-corrected chi connectivity index (χ3v) is 5.21. The molecule has 14 heavy (non-hydrogen) atoms. The Morgan fingerprint density at radius 3 is 2.14 bits per heavy atom. The first-order chi connectivity index (χ1) is 6.86. The summed E-state index contributed by atoms with van der Waals surface area (Å²) in [5.41, 5.74) is 0. The Labute approximate surface area is 90.4 Å². The van der Waals surface area contributed by atoms with E-state index in [4.69, 9.17) is 21.1 Å². The topological polar surface area (TPSA) is 18.5 Å². The molecule has 0 unspecified atom stereocenters. The van der Waals surface area contributed by atoms with Gasteiger partial charge in [-0.25, -0.2) is 0 Å². The largest absolute Gasteiger partial charge is 0.382 e. The van der Waals surface area contributed by atoms with E-state index in [0.717, 1.165) is 30.7 Å². The predicted molar refractivity (Wildman–Crippen MR) is 59.9 cm³/mol. The van der Waals surface area contributed by atoms with Crippen LogP contribution in [0, 0.1) is 0 Å². The molecule has 1 aromatic carbocycles. The van der Waals surface area contributed by atoms with Crippen LogP contribution >= 0.6 is 11.6 Å². The second-order valence-corrected chi connectivity index (χ2v) is 6.56. The fraction of sp³-hybridized carbons (Fsp3) is 0.400. The molecule has 76 valence electrons. The van der Waals surface area contributed by atoms with Crippen LogP contribution in [-0.4, -0.2) is 34.5 Å². The number of hydrogen-bond donors (Lipinski definition) is 0. The Kier molecular flexibility index (Phi) is 3.59. The van der Waals surface area contributed by atoms with Crippen LogP contribution in [0.15, 0.2) is 24.3 Å². The van der Waals surface area contributed by atoms with Crippen LogP contribution in [0.3, 0.4) is 0 Å². The summed E-state index contributed by atoms with van der Waals surface area (Å²) in [4.78, 5) is 0. The van der Waals surface area contributed by atoms with Gasteiger partial charge in [0.1, 0.15) is 8.80 Å². The van der Waals surface area contributed by atoms with Crippen molar-refractivity contribution in [2.75, 3.05) is 25.7 Å². The normalized spacial score (nSPS) is 19.2. The monoisotopic (exact) mass is 228 g/mol.